The molecule has 3 heterocycles. The Morgan fingerprint density at radius 3 is 2.81 bits per heavy atom. The SMILES string of the molecule is C[C@@]1(O)[C@@H](CO)O[C@@H](n2cnc3c(NO)ncnc32)[C@@H]1O. The third-order valence-corrected chi connectivity index (χ3v) is 3.73. The fraction of sp³-hybridized carbons (Fsp3) is 0.545. The first-order chi connectivity index (χ1) is 10.0. The van der Waals surface area contributed by atoms with Gasteiger partial charge in [0.25, 0.3) is 0 Å². The van der Waals surface area contributed by atoms with Gasteiger partial charge < -0.3 is 20.1 Å². The molecule has 2 aromatic heterocycles. The molecule has 0 aliphatic carbocycles. The van der Waals surface area contributed by atoms with Gasteiger partial charge in [0, 0.05) is 0 Å². The molecule has 2 aromatic rings. The number of imidazole rings is 1. The van der Waals surface area contributed by atoms with Crippen molar-refractivity contribution in [2.24, 2.45) is 0 Å². The van der Waals surface area contributed by atoms with Crippen LogP contribution in [0, 0.1) is 0 Å². The lowest BCUT2D eigenvalue weighted by Gasteiger charge is -2.25. The lowest BCUT2D eigenvalue weighted by atomic mass is 9.95. The third-order valence-electron chi connectivity index (χ3n) is 3.73. The van der Waals surface area contributed by atoms with Gasteiger partial charge in [-0.3, -0.25) is 15.3 Å². The molecular weight excluding hydrogens is 282 g/mol. The van der Waals surface area contributed by atoms with E-state index in [1.165, 1.54) is 24.1 Å². The third kappa shape index (κ3) is 1.96. The quantitative estimate of drug-likeness (QED) is 0.433. The number of aliphatic hydroxyl groups excluding tert-OH is 2. The molecule has 10 heteroatoms. The molecule has 1 aliphatic heterocycles. The zero-order chi connectivity index (χ0) is 15.2. The highest BCUT2D eigenvalue weighted by Gasteiger charge is 2.52. The van der Waals surface area contributed by atoms with Gasteiger partial charge in [-0.05, 0) is 6.92 Å². The Kier molecular flexibility index (Phi) is 3.26. The van der Waals surface area contributed by atoms with Crippen LogP contribution < -0.4 is 5.48 Å². The number of hydrogen-bond donors (Lipinski definition) is 5. The Balaban J connectivity index is 2.06. The molecule has 0 radical (unpaired) electrons. The van der Waals surface area contributed by atoms with Crippen molar-refractivity contribution in [2.75, 3.05) is 12.1 Å². The normalized spacial score (nSPS) is 32.7. The maximum absolute atomic E-state index is 10.2. The second kappa shape index (κ2) is 4.86. The fourth-order valence-electron chi connectivity index (χ4n) is 2.43. The Hall–Kier alpha value is -1.85. The van der Waals surface area contributed by atoms with E-state index >= 15 is 0 Å². The second-order valence-corrected chi connectivity index (χ2v) is 5.03. The maximum Gasteiger partial charge on any atom is 0.181 e. The molecule has 21 heavy (non-hydrogen) atoms. The Labute approximate surface area is 118 Å². The summed E-state index contributed by atoms with van der Waals surface area (Å²) < 4.78 is 6.90. The predicted octanol–water partition coefficient (Wildman–Crippen LogP) is -1.37. The number of fused-ring (bicyclic) bond motifs is 1. The van der Waals surface area contributed by atoms with Gasteiger partial charge >= 0.3 is 0 Å². The van der Waals surface area contributed by atoms with E-state index in [-0.39, 0.29) is 11.3 Å². The summed E-state index contributed by atoms with van der Waals surface area (Å²) in [4.78, 5) is 11.9. The van der Waals surface area contributed by atoms with Crippen LogP contribution in [-0.4, -0.2) is 64.5 Å². The summed E-state index contributed by atoms with van der Waals surface area (Å²) in [5, 5.41) is 38.7. The van der Waals surface area contributed by atoms with Gasteiger partial charge in [-0.25, -0.2) is 15.0 Å². The molecule has 1 aliphatic rings. The van der Waals surface area contributed by atoms with E-state index in [0.29, 0.717) is 5.65 Å². The summed E-state index contributed by atoms with van der Waals surface area (Å²) in [6.07, 6.45) is -0.630. The predicted molar refractivity (Wildman–Crippen MR) is 68.4 cm³/mol. The van der Waals surface area contributed by atoms with E-state index in [1.807, 2.05) is 5.48 Å². The van der Waals surface area contributed by atoms with Gasteiger partial charge in [0.15, 0.2) is 23.2 Å². The molecule has 3 rings (SSSR count). The van der Waals surface area contributed by atoms with E-state index in [2.05, 4.69) is 15.0 Å². The van der Waals surface area contributed by atoms with E-state index < -0.39 is 30.6 Å². The van der Waals surface area contributed by atoms with Crippen LogP contribution in [0.15, 0.2) is 12.7 Å². The van der Waals surface area contributed by atoms with Gasteiger partial charge in [0.2, 0.25) is 0 Å². The smallest absolute Gasteiger partial charge is 0.181 e. The van der Waals surface area contributed by atoms with Crippen molar-refractivity contribution < 1.29 is 25.3 Å². The zero-order valence-electron chi connectivity index (χ0n) is 11.1. The summed E-state index contributed by atoms with van der Waals surface area (Å²) >= 11 is 0. The van der Waals surface area contributed by atoms with Crippen LogP contribution in [0.25, 0.3) is 11.2 Å². The maximum atomic E-state index is 10.2. The largest absolute Gasteiger partial charge is 0.394 e. The van der Waals surface area contributed by atoms with Crippen LogP contribution >= 0.6 is 0 Å². The van der Waals surface area contributed by atoms with E-state index in [4.69, 9.17) is 9.94 Å². The molecule has 4 atom stereocenters. The molecule has 5 N–H and O–H groups in total. The fourth-order valence-corrected chi connectivity index (χ4v) is 2.43. The van der Waals surface area contributed by atoms with Crippen molar-refractivity contribution in [1.82, 2.24) is 19.5 Å². The minimum atomic E-state index is -1.61. The van der Waals surface area contributed by atoms with E-state index in [1.54, 1.807) is 0 Å². The number of nitrogens with one attached hydrogen (secondary N) is 1. The summed E-state index contributed by atoms with van der Waals surface area (Å²) in [7, 11) is 0. The van der Waals surface area contributed by atoms with Crippen molar-refractivity contribution in [3.05, 3.63) is 12.7 Å². The number of aromatic nitrogens is 4. The van der Waals surface area contributed by atoms with E-state index in [0.717, 1.165) is 0 Å². The van der Waals surface area contributed by atoms with Gasteiger partial charge in [0.05, 0.1) is 12.9 Å². The van der Waals surface area contributed by atoms with Crippen LogP contribution in [0.4, 0.5) is 5.82 Å². The second-order valence-electron chi connectivity index (χ2n) is 5.03. The van der Waals surface area contributed by atoms with Crippen molar-refractivity contribution in [1.29, 1.82) is 0 Å². The molecule has 0 bridgehead atoms. The lowest BCUT2D eigenvalue weighted by molar-refractivity contribution is -0.0804. The van der Waals surface area contributed by atoms with Gasteiger partial charge in [0.1, 0.15) is 24.1 Å². The summed E-state index contributed by atoms with van der Waals surface area (Å²) in [5.41, 5.74) is 0.878. The molecule has 114 valence electrons. The topological polar surface area (TPSA) is 146 Å². The zero-order valence-corrected chi connectivity index (χ0v) is 11.1. The lowest BCUT2D eigenvalue weighted by Crippen LogP contribution is -2.46. The van der Waals surface area contributed by atoms with Gasteiger partial charge in [-0.1, -0.05) is 0 Å². The van der Waals surface area contributed by atoms with Gasteiger partial charge in [-0.2, -0.15) is 0 Å². The van der Waals surface area contributed by atoms with E-state index in [9.17, 15) is 15.3 Å². The molecule has 0 aromatic carbocycles. The van der Waals surface area contributed by atoms with Crippen LogP contribution in [0.5, 0.6) is 0 Å². The van der Waals surface area contributed by atoms with Crippen molar-refractivity contribution >= 4 is 17.0 Å². The molecule has 0 unspecified atom stereocenters. The number of aliphatic hydroxyl groups is 3. The highest BCUT2D eigenvalue weighted by atomic mass is 16.6. The van der Waals surface area contributed by atoms with Crippen LogP contribution in [0.2, 0.25) is 0 Å². The number of ether oxygens (including phenoxy) is 1. The first kappa shape index (κ1) is 14.1. The number of hydrogen-bond acceptors (Lipinski definition) is 9. The Bertz CT molecular complexity index is 659. The minimum Gasteiger partial charge on any atom is -0.394 e. The Morgan fingerprint density at radius 2 is 2.19 bits per heavy atom. The molecule has 0 amide bonds. The summed E-state index contributed by atoms with van der Waals surface area (Å²) in [5.74, 6) is 0.108. The number of nitrogens with zero attached hydrogens (tertiary/aromatic N) is 4. The number of anilines is 1. The average molecular weight is 297 g/mol. The molecule has 10 nitrogen and oxygen atoms in total. The van der Waals surface area contributed by atoms with Gasteiger partial charge in [-0.15, -0.1) is 0 Å². The Morgan fingerprint density at radius 1 is 1.43 bits per heavy atom. The standard InChI is InChI=1S/C11H15N5O5/c1-11(19)5(2-17)21-10(7(11)18)16-4-14-6-8(15-20)12-3-13-9(6)16/h3-5,7,10,17-20H,2H2,1H3,(H,12,13,15)/t5-,7+,10-,11-/m1/s1. The van der Waals surface area contributed by atoms with Crippen LogP contribution in [0.3, 0.4) is 0 Å². The minimum absolute atomic E-state index is 0.108. The molecule has 0 spiro atoms. The monoisotopic (exact) mass is 297 g/mol. The highest BCUT2D eigenvalue weighted by molar-refractivity contribution is 5.82. The first-order valence-electron chi connectivity index (χ1n) is 6.25. The van der Waals surface area contributed by atoms with Crippen molar-refractivity contribution in [2.45, 2.75) is 31.0 Å². The van der Waals surface area contributed by atoms with Crippen molar-refractivity contribution in [3.8, 4) is 0 Å². The summed E-state index contributed by atoms with van der Waals surface area (Å²) in [6, 6.07) is 0. The van der Waals surface area contributed by atoms with Crippen LogP contribution in [-0.2, 0) is 4.74 Å². The molecule has 0 saturated carbocycles. The first-order valence-corrected chi connectivity index (χ1v) is 6.25. The molecular formula is C11H15N5O5. The highest BCUT2D eigenvalue weighted by Crippen LogP contribution is 2.38. The molecule has 1 fully saturated rings. The molecule has 1 saturated heterocycles. The van der Waals surface area contributed by atoms with Crippen molar-refractivity contribution in [3.63, 3.8) is 0 Å². The summed E-state index contributed by atoms with van der Waals surface area (Å²) in [6.45, 7) is 0.943. The van der Waals surface area contributed by atoms with Crippen LogP contribution in [0.1, 0.15) is 13.2 Å². The number of rotatable bonds is 3. The average Bonchev–Trinajstić information content (AvgIpc) is 2.99.